The van der Waals surface area contributed by atoms with Crippen LogP contribution in [-0.4, -0.2) is 25.5 Å². The van der Waals surface area contributed by atoms with E-state index < -0.39 is 0 Å². The standard InChI is InChI=1S/C25H18N6O2/c1-2-3-24(32)29-18-6-11-23-22(14-18)25(27-16-26-23)30-17-4-8-20(9-5-17)33-21-10-7-19-12-13-28-31(19)15-21/h4-16H,1H3,(H,29,32)(H,26,27,30). The highest BCUT2D eigenvalue weighted by Gasteiger charge is 2.08. The molecular weight excluding hydrogens is 416 g/mol. The highest BCUT2D eigenvalue weighted by Crippen LogP contribution is 2.28. The zero-order chi connectivity index (χ0) is 22.6. The lowest BCUT2D eigenvalue weighted by Gasteiger charge is -2.11. The van der Waals surface area contributed by atoms with Crippen LogP contribution in [-0.2, 0) is 4.79 Å². The van der Waals surface area contributed by atoms with Crippen LogP contribution in [0, 0.1) is 11.8 Å². The quantitative estimate of drug-likeness (QED) is 0.387. The number of carbonyl (C=O) groups excluding carboxylic acids is 1. The Balaban J connectivity index is 1.35. The molecule has 3 aromatic heterocycles. The Morgan fingerprint density at radius 2 is 1.79 bits per heavy atom. The second-order valence-electron chi connectivity index (χ2n) is 7.10. The topological polar surface area (TPSA) is 93.4 Å². The molecule has 0 radical (unpaired) electrons. The number of benzene rings is 2. The summed E-state index contributed by atoms with van der Waals surface area (Å²) in [7, 11) is 0. The van der Waals surface area contributed by atoms with Gasteiger partial charge in [-0.05, 0) is 73.5 Å². The van der Waals surface area contributed by atoms with Crippen molar-refractivity contribution in [1.82, 2.24) is 19.6 Å². The van der Waals surface area contributed by atoms with Crippen LogP contribution in [0.4, 0.5) is 17.2 Å². The van der Waals surface area contributed by atoms with Crippen molar-refractivity contribution >= 4 is 39.5 Å². The van der Waals surface area contributed by atoms with Crippen LogP contribution < -0.4 is 15.4 Å². The molecule has 160 valence electrons. The second kappa shape index (κ2) is 8.69. The molecule has 2 aromatic carbocycles. The van der Waals surface area contributed by atoms with Gasteiger partial charge in [-0.1, -0.05) is 5.92 Å². The lowest BCUT2D eigenvalue weighted by Crippen LogP contribution is -2.08. The van der Waals surface area contributed by atoms with E-state index in [1.807, 2.05) is 60.8 Å². The number of anilines is 3. The van der Waals surface area contributed by atoms with Gasteiger partial charge in [0.05, 0.1) is 17.2 Å². The molecule has 0 aliphatic heterocycles. The molecular formula is C25H18N6O2. The van der Waals surface area contributed by atoms with E-state index in [1.165, 1.54) is 6.33 Å². The molecule has 2 N–H and O–H groups in total. The number of amides is 1. The van der Waals surface area contributed by atoms with Gasteiger partial charge in [-0.15, -0.1) is 0 Å². The maximum atomic E-state index is 11.8. The molecule has 8 nitrogen and oxygen atoms in total. The number of nitrogens with zero attached hydrogens (tertiary/aromatic N) is 4. The van der Waals surface area contributed by atoms with Crippen molar-refractivity contribution in [3.8, 4) is 23.3 Å². The van der Waals surface area contributed by atoms with Gasteiger partial charge < -0.3 is 15.4 Å². The third-order valence-corrected chi connectivity index (χ3v) is 4.85. The molecule has 0 saturated carbocycles. The van der Waals surface area contributed by atoms with Crippen LogP contribution in [0.15, 0.2) is 79.4 Å². The molecule has 0 saturated heterocycles. The van der Waals surface area contributed by atoms with E-state index in [0.29, 0.717) is 23.0 Å². The van der Waals surface area contributed by atoms with E-state index in [-0.39, 0.29) is 5.91 Å². The SMILES string of the molecule is CC#CC(=O)Nc1ccc2ncnc(Nc3ccc(Oc4ccc5ccnn5c4)cc3)c2c1. The van der Waals surface area contributed by atoms with Crippen molar-refractivity contribution in [2.45, 2.75) is 6.92 Å². The minimum atomic E-state index is -0.370. The van der Waals surface area contributed by atoms with Crippen LogP contribution in [0.5, 0.6) is 11.5 Å². The molecule has 0 unspecified atom stereocenters. The number of fused-ring (bicyclic) bond motifs is 2. The average molecular weight is 434 g/mol. The lowest BCUT2D eigenvalue weighted by atomic mass is 10.2. The Kier molecular flexibility index (Phi) is 5.27. The summed E-state index contributed by atoms with van der Waals surface area (Å²) in [5.41, 5.74) is 3.20. The minimum Gasteiger partial charge on any atom is -0.456 e. The number of rotatable bonds is 5. The molecule has 5 aromatic rings. The summed E-state index contributed by atoms with van der Waals surface area (Å²) >= 11 is 0. The summed E-state index contributed by atoms with van der Waals surface area (Å²) in [6.45, 7) is 1.62. The van der Waals surface area contributed by atoms with Gasteiger partial charge in [-0.2, -0.15) is 5.10 Å². The first-order valence-corrected chi connectivity index (χ1v) is 10.1. The Morgan fingerprint density at radius 1 is 0.970 bits per heavy atom. The fraction of sp³-hybridized carbons (Fsp3) is 0.0400. The van der Waals surface area contributed by atoms with Gasteiger partial charge in [0.2, 0.25) is 0 Å². The third-order valence-electron chi connectivity index (χ3n) is 4.85. The number of nitrogens with one attached hydrogen (secondary N) is 2. The average Bonchev–Trinajstić information content (AvgIpc) is 3.29. The van der Waals surface area contributed by atoms with Crippen LogP contribution in [0.1, 0.15) is 6.92 Å². The molecule has 0 aliphatic rings. The molecule has 0 fully saturated rings. The molecule has 8 heteroatoms. The van der Waals surface area contributed by atoms with Crippen molar-refractivity contribution in [3.63, 3.8) is 0 Å². The van der Waals surface area contributed by atoms with Crippen molar-refractivity contribution < 1.29 is 9.53 Å². The minimum absolute atomic E-state index is 0.370. The fourth-order valence-corrected chi connectivity index (χ4v) is 3.34. The van der Waals surface area contributed by atoms with Crippen LogP contribution in [0.25, 0.3) is 16.4 Å². The number of pyridine rings is 1. The van der Waals surface area contributed by atoms with Crippen molar-refractivity contribution in [2.75, 3.05) is 10.6 Å². The Morgan fingerprint density at radius 3 is 2.64 bits per heavy atom. The van der Waals surface area contributed by atoms with Crippen molar-refractivity contribution in [2.24, 2.45) is 0 Å². The fourth-order valence-electron chi connectivity index (χ4n) is 3.34. The molecule has 5 rings (SSSR count). The summed E-state index contributed by atoms with van der Waals surface area (Å²) in [5, 5.41) is 11.0. The number of ether oxygens (including phenoxy) is 1. The third kappa shape index (κ3) is 4.43. The maximum Gasteiger partial charge on any atom is 0.300 e. The first kappa shape index (κ1) is 20.0. The van der Waals surface area contributed by atoms with Gasteiger partial charge >= 0.3 is 0 Å². The van der Waals surface area contributed by atoms with Crippen LogP contribution >= 0.6 is 0 Å². The van der Waals surface area contributed by atoms with Crippen molar-refractivity contribution in [3.05, 3.63) is 79.4 Å². The molecule has 0 spiro atoms. The molecule has 0 bridgehead atoms. The van der Waals surface area contributed by atoms with Gasteiger partial charge in [0, 0.05) is 23.0 Å². The highest BCUT2D eigenvalue weighted by molar-refractivity contribution is 6.05. The van der Waals surface area contributed by atoms with E-state index in [4.69, 9.17) is 4.74 Å². The van der Waals surface area contributed by atoms with Gasteiger partial charge in [-0.25, -0.2) is 14.5 Å². The van der Waals surface area contributed by atoms with E-state index >= 15 is 0 Å². The molecule has 3 heterocycles. The summed E-state index contributed by atoms with van der Waals surface area (Å²) < 4.78 is 7.70. The zero-order valence-electron chi connectivity index (χ0n) is 17.6. The normalized spacial score (nSPS) is 10.5. The number of hydrogen-bond acceptors (Lipinski definition) is 6. The van der Waals surface area contributed by atoms with Crippen LogP contribution in [0.2, 0.25) is 0 Å². The largest absolute Gasteiger partial charge is 0.456 e. The summed E-state index contributed by atoms with van der Waals surface area (Å²) in [6, 6.07) is 18.7. The maximum absolute atomic E-state index is 11.8. The van der Waals surface area contributed by atoms with Crippen LogP contribution in [0.3, 0.4) is 0 Å². The van der Waals surface area contributed by atoms with E-state index in [0.717, 1.165) is 22.1 Å². The lowest BCUT2D eigenvalue weighted by molar-refractivity contribution is -0.111. The Labute approximate surface area is 189 Å². The number of hydrogen-bond donors (Lipinski definition) is 2. The molecule has 0 atom stereocenters. The first-order chi connectivity index (χ1) is 16.2. The zero-order valence-corrected chi connectivity index (χ0v) is 17.6. The smallest absolute Gasteiger partial charge is 0.300 e. The predicted molar refractivity (Wildman–Crippen MR) is 127 cm³/mol. The summed E-state index contributed by atoms with van der Waals surface area (Å²) in [6.07, 6.45) is 5.07. The first-order valence-electron chi connectivity index (χ1n) is 10.1. The van der Waals surface area contributed by atoms with E-state index in [1.54, 1.807) is 23.7 Å². The summed E-state index contributed by atoms with van der Waals surface area (Å²) in [4.78, 5) is 20.5. The monoisotopic (exact) mass is 434 g/mol. The molecule has 0 aliphatic carbocycles. The molecule has 33 heavy (non-hydrogen) atoms. The van der Waals surface area contributed by atoms with E-state index in [9.17, 15) is 4.79 Å². The van der Waals surface area contributed by atoms with Crippen molar-refractivity contribution in [1.29, 1.82) is 0 Å². The Hall–Kier alpha value is -4.90. The van der Waals surface area contributed by atoms with E-state index in [2.05, 4.69) is 37.5 Å². The number of aromatic nitrogens is 4. The number of carbonyl (C=O) groups is 1. The van der Waals surface area contributed by atoms with Gasteiger partial charge in [0.25, 0.3) is 5.91 Å². The predicted octanol–water partition coefficient (Wildman–Crippen LogP) is 4.78. The Bertz CT molecular complexity index is 1530. The van der Waals surface area contributed by atoms with Gasteiger partial charge in [0.1, 0.15) is 23.6 Å². The van der Waals surface area contributed by atoms with Gasteiger partial charge in [0.15, 0.2) is 0 Å². The highest BCUT2D eigenvalue weighted by atomic mass is 16.5. The van der Waals surface area contributed by atoms with Gasteiger partial charge in [-0.3, -0.25) is 4.79 Å². The second-order valence-corrected chi connectivity index (χ2v) is 7.10. The molecule has 1 amide bonds. The summed E-state index contributed by atoms with van der Waals surface area (Å²) in [5.74, 6) is 6.68.